The van der Waals surface area contributed by atoms with Gasteiger partial charge in [-0.3, -0.25) is 14.4 Å². The molecular formula is C23H40N2O3. The number of rotatable bonds is 6. The lowest BCUT2D eigenvalue weighted by atomic mass is 9.83. The summed E-state index contributed by atoms with van der Waals surface area (Å²) in [5.74, 6) is 0.585. The number of hydrogen-bond donors (Lipinski definition) is 0. The summed E-state index contributed by atoms with van der Waals surface area (Å²) in [4.78, 5) is 43.0. The predicted molar refractivity (Wildman–Crippen MR) is 112 cm³/mol. The molecule has 0 aromatic heterocycles. The summed E-state index contributed by atoms with van der Waals surface area (Å²) >= 11 is 0. The first-order valence-electron chi connectivity index (χ1n) is 11.2. The van der Waals surface area contributed by atoms with Crippen molar-refractivity contribution in [2.45, 2.75) is 98.1 Å². The van der Waals surface area contributed by atoms with E-state index in [0.29, 0.717) is 25.3 Å². The maximum Gasteiger partial charge on any atom is 0.245 e. The van der Waals surface area contributed by atoms with Crippen LogP contribution in [0.3, 0.4) is 0 Å². The number of ketones is 1. The van der Waals surface area contributed by atoms with Crippen LogP contribution in [0, 0.1) is 17.3 Å². The molecule has 1 heterocycles. The zero-order chi connectivity index (χ0) is 21.1. The fourth-order valence-electron chi connectivity index (χ4n) is 4.65. The number of carbonyl (C=O) groups is 3. The highest BCUT2D eigenvalue weighted by Crippen LogP contribution is 2.30. The third kappa shape index (κ3) is 5.36. The first-order valence-corrected chi connectivity index (χ1v) is 11.2. The standard InChI is InChI=1S/C23H40N2O3/c1-16(2)15-19(20(26)23(3,4)5)24(6)22(28)18-13-10-14-25(18)21(27)17-11-8-7-9-12-17/h16-19H,7-15H2,1-6H3/t18-,19+/m0/s1. The second-order valence-electron chi connectivity index (χ2n) is 10.2. The maximum atomic E-state index is 13.4. The first kappa shape index (κ1) is 22.9. The number of likely N-dealkylation sites (N-methyl/N-ethyl adjacent to an activating group) is 1. The summed E-state index contributed by atoms with van der Waals surface area (Å²) < 4.78 is 0. The lowest BCUT2D eigenvalue weighted by Gasteiger charge is -2.37. The third-order valence-electron chi connectivity index (χ3n) is 6.33. The van der Waals surface area contributed by atoms with Gasteiger partial charge in [-0.05, 0) is 38.0 Å². The van der Waals surface area contributed by atoms with Crippen molar-refractivity contribution in [2.24, 2.45) is 17.3 Å². The molecule has 28 heavy (non-hydrogen) atoms. The van der Waals surface area contributed by atoms with Gasteiger partial charge >= 0.3 is 0 Å². The van der Waals surface area contributed by atoms with Crippen LogP contribution in [0.15, 0.2) is 0 Å². The molecule has 1 aliphatic heterocycles. The van der Waals surface area contributed by atoms with Gasteiger partial charge in [0.2, 0.25) is 11.8 Å². The number of likely N-dealkylation sites (tertiary alicyclic amines) is 1. The minimum Gasteiger partial charge on any atom is -0.334 e. The van der Waals surface area contributed by atoms with E-state index in [9.17, 15) is 14.4 Å². The van der Waals surface area contributed by atoms with E-state index in [4.69, 9.17) is 0 Å². The molecule has 2 atom stereocenters. The summed E-state index contributed by atoms with van der Waals surface area (Å²) in [6, 6.07) is -0.832. The molecule has 0 spiro atoms. The number of Topliss-reactive ketones (excluding diaryl/α,β-unsaturated/α-hetero) is 1. The lowest BCUT2D eigenvalue weighted by Crippen LogP contribution is -2.54. The van der Waals surface area contributed by atoms with E-state index in [1.165, 1.54) is 6.42 Å². The third-order valence-corrected chi connectivity index (χ3v) is 6.33. The minimum atomic E-state index is -0.499. The van der Waals surface area contributed by atoms with E-state index in [-0.39, 0.29) is 23.5 Å². The smallest absolute Gasteiger partial charge is 0.245 e. The maximum absolute atomic E-state index is 13.4. The SMILES string of the molecule is CC(C)C[C@H](C(=O)C(C)(C)C)N(C)C(=O)[C@@H]1CCCN1C(=O)C1CCCCC1. The monoisotopic (exact) mass is 392 g/mol. The Morgan fingerprint density at radius 2 is 1.61 bits per heavy atom. The summed E-state index contributed by atoms with van der Waals surface area (Å²) in [7, 11) is 1.75. The molecule has 2 rings (SSSR count). The normalized spacial score (nSPS) is 22.4. The van der Waals surface area contributed by atoms with Crippen molar-refractivity contribution >= 4 is 17.6 Å². The Balaban J connectivity index is 2.15. The highest BCUT2D eigenvalue weighted by atomic mass is 16.2. The summed E-state index contributed by atoms with van der Waals surface area (Å²) in [6.45, 7) is 10.6. The molecular weight excluding hydrogens is 352 g/mol. The van der Waals surface area contributed by atoms with Gasteiger partial charge in [-0.25, -0.2) is 0 Å². The molecule has 0 aromatic carbocycles. The number of nitrogens with zero attached hydrogens (tertiary/aromatic N) is 2. The van der Waals surface area contributed by atoms with Crippen LogP contribution >= 0.6 is 0 Å². The highest BCUT2D eigenvalue weighted by Gasteiger charge is 2.42. The molecule has 1 saturated heterocycles. The van der Waals surface area contributed by atoms with Crippen LogP contribution in [0.25, 0.3) is 0 Å². The van der Waals surface area contributed by atoms with Crippen molar-refractivity contribution in [3.05, 3.63) is 0 Å². The average molecular weight is 393 g/mol. The molecule has 2 fully saturated rings. The molecule has 0 unspecified atom stereocenters. The minimum absolute atomic E-state index is 0.0649. The number of carbonyl (C=O) groups excluding carboxylic acids is 3. The van der Waals surface area contributed by atoms with E-state index in [1.54, 1.807) is 11.9 Å². The van der Waals surface area contributed by atoms with Crippen molar-refractivity contribution in [3.63, 3.8) is 0 Å². The topological polar surface area (TPSA) is 57.7 Å². The summed E-state index contributed by atoms with van der Waals surface area (Å²) in [5.41, 5.74) is -0.499. The van der Waals surface area contributed by atoms with E-state index in [1.807, 2.05) is 25.7 Å². The summed E-state index contributed by atoms with van der Waals surface area (Å²) in [5, 5.41) is 0. The Morgan fingerprint density at radius 1 is 1.00 bits per heavy atom. The molecule has 0 N–H and O–H groups in total. The quantitative estimate of drug-likeness (QED) is 0.685. The van der Waals surface area contributed by atoms with Gasteiger partial charge in [0.1, 0.15) is 6.04 Å². The van der Waals surface area contributed by atoms with E-state index in [0.717, 1.165) is 32.1 Å². The van der Waals surface area contributed by atoms with Crippen LogP contribution in [-0.4, -0.2) is 53.1 Å². The molecule has 2 amide bonds. The fraction of sp³-hybridized carbons (Fsp3) is 0.870. The molecule has 1 saturated carbocycles. The number of amides is 2. The Kier molecular flexibility index (Phi) is 7.69. The molecule has 5 nitrogen and oxygen atoms in total. The molecule has 0 bridgehead atoms. The van der Waals surface area contributed by atoms with Crippen molar-refractivity contribution in [1.29, 1.82) is 0 Å². The zero-order valence-electron chi connectivity index (χ0n) is 18.8. The van der Waals surface area contributed by atoms with Crippen molar-refractivity contribution in [1.82, 2.24) is 9.80 Å². The van der Waals surface area contributed by atoms with Crippen molar-refractivity contribution in [2.75, 3.05) is 13.6 Å². The van der Waals surface area contributed by atoms with Gasteiger partial charge in [0.25, 0.3) is 0 Å². The molecule has 0 aromatic rings. The molecule has 0 radical (unpaired) electrons. The van der Waals surface area contributed by atoms with Crippen molar-refractivity contribution in [3.8, 4) is 0 Å². The average Bonchev–Trinajstić information content (AvgIpc) is 3.13. The van der Waals surface area contributed by atoms with Crippen LogP contribution in [0.1, 0.15) is 86.0 Å². The Hall–Kier alpha value is -1.39. The highest BCUT2D eigenvalue weighted by molar-refractivity contribution is 5.95. The molecule has 1 aliphatic carbocycles. The lowest BCUT2D eigenvalue weighted by molar-refractivity contribution is -0.150. The molecule has 5 heteroatoms. The van der Waals surface area contributed by atoms with Gasteiger partial charge in [-0.1, -0.05) is 53.9 Å². The van der Waals surface area contributed by atoms with Crippen LogP contribution in [0.4, 0.5) is 0 Å². The molecule has 2 aliphatic rings. The van der Waals surface area contributed by atoms with Gasteiger partial charge in [0.05, 0.1) is 6.04 Å². The fourth-order valence-corrected chi connectivity index (χ4v) is 4.65. The second kappa shape index (κ2) is 9.41. The summed E-state index contributed by atoms with van der Waals surface area (Å²) in [6.07, 6.45) is 7.56. The first-order chi connectivity index (χ1) is 13.0. The largest absolute Gasteiger partial charge is 0.334 e. The van der Waals surface area contributed by atoms with Gasteiger partial charge < -0.3 is 9.80 Å². The van der Waals surface area contributed by atoms with Crippen LogP contribution < -0.4 is 0 Å². The van der Waals surface area contributed by atoms with E-state index < -0.39 is 17.5 Å². The Morgan fingerprint density at radius 3 is 2.14 bits per heavy atom. The Bertz CT molecular complexity index is 573. The van der Waals surface area contributed by atoms with Gasteiger partial charge in [0, 0.05) is 24.9 Å². The van der Waals surface area contributed by atoms with Gasteiger partial charge in [-0.15, -0.1) is 0 Å². The van der Waals surface area contributed by atoms with Gasteiger partial charge in [0.15, 0.2) is 5.78 Å². The van der Waals surface area contributed by atoms with Crippen LogP contribution in [0.2, 0.25) is 0 Å². The predicted octanol–water partition coefficient (Wildman–Crippen LogP) is 4.05. The van der Waals surface area contributed by atoms with E-state index in [2.05, 4.69) is 13.8 Å². The van der Waals surface area contributed by atoms with Crippen LogP contribution in [0.5, 0.6) is 0 Å². The Labute approximate surface area is 171 Å². The van der Waals surface area contributed by atoms with Gasteiger partial charge in [-0.2, -0.15) is 0 Å². The second-order valence-corrected chi connectivity index (χ2v) is 10.2. The van der Waals surface area contributed by atoms with Crippen molar-refractivity contribution < 1.29 is 14.4 Å². The number of hydrogen-bond acceptors (Lipinski definition) is 3. The molecule has 160 valence electrons. The van der Waals surface area contributed by atoms with E-state index >= 15 is 0 Å². The van der Waals surface area contributed by atoms with Crippen LogP contribution in [-0.2, 0) is 14.4 Å². The zero-order valence-corrected chi connectivity index (χ0v) is 18.8.